The topological polar surface area (TPSA) is 92.6 Å². The molecule has 220 valence electrons. The van der Waals surface area contributed by atoms with Crippen LogP contribution in [0.2, 0.25) is 0 Å². The highest BCUT2D eigenvalue weighted by Gasteiger charge is 2.48. The number of aromatic nitrogens is 2. The van der Waals surface area contributed by atoms with Crippen molar-refractivity contribution >= 4 is 45.7 Å². The molecule has 11 heteroatoms. The summed E-state index contributed by atoms with van der Waals surface area (Å²) in [6.07, 6.45) is 0. The SMILES string of the molecule is O=C1C(=O)N(c2nnc(SCc3ccccc3F)s2)C(c2cccc(OCc3ccccc3)c2)C1=C(O)c1ccc(F)cc1. The van der Waals surface area contributed by atoms with Crippen LogP contribution < -0.4 is 9.64 Å². The zero-order valence-corrected chi connectivity index (χ0v) is 24.5. The van der Waals surface area contributed by atoms with Gasteiger partial charge in [-0.15, -0.1) is 10.2 Å². The number of hydrogen-bond acceptors (Lipinski definition) is 8. The molecular weight excluding hydrogens is 605 g/mol. The van der Waals surface area contributed by atoms with Gasteiger partial charge in [-0.25, -0.2) is 8.78 Å². The smallest absolute Gasteiger partial charge is 0.301 e. The van der Waals surface area contributed by atoms with Crippen LogP contribution >= 0.6 is 23.1 Å². The second-order valence-electron chi connectivity index (χ2n) is 9.75. The van der Waals surface area contributed by atoms with Crippen molar-refractivity contribution in [1.29, 1.82) is 0 Å². The molecule has 1 fully saturated rings. The fraction of sp³-hybridized carbons (Fsp3) is 0.0909. The van der Waals surface area contributed by atoms with Crippen LogP contribution in [0.4, 0.5) is 13.9 Å². The van der Waals surface area contributed by atoms with Gasteiger partial charge in [-0.2, -0.15) is 0 Å². The maximum atomic E-state index is 14.1. The molecule has 1 aliphatic rings. The normalized spacial score (nSPS) is 16.0. The Labute approximate surface area is 259 Å². The van der Waals surface area contributed by atoms with E-state index in [-0.39, 0.29) is 27.8 Å². The summed E-state index contributed by atoms with van der Waals surface area (Å²) in [5.74, 6) is -2.38. The van der Waals surface area contributed by atoms with Crippen molar-refractivity contribution in [2.24, 2.45) is 0 Å². The number of amides is 1. The Kier molecular flexibility index (Phi) is 8.49. The Morgan fingerprint density at radius 2 is 1.66 bits per heavy atom. The second kappa shape index (κ2) is 12.8. The predicted molar refractivity (Wildman–Crippen MR) is 164 cm³/mol. The maximum Gasteiger partial charge on any atom is 0.301 e. The first-order valence-corrected chi connectivity index (χ1v) is 15.2. The highest BCUT2D eigenvalue weighted by Crippen LogP contribution is 2.44. The van der Waals surface area contributed by atoms with Crippen molar-refractivity contribution in [3.05, 3.63) is 143 Å². The second-order valence-corrected chi connectivity index (χ2v) is 11.9. The number of rotatable bonds is 9. The number of ketones is 1. The van der Waals surface area contributed by atoms with Gasteiger partial charge in [0.1, 0.15) is 29.8 Å². The molecule has 1 unspecified atom stereocenters. The molecule has 6 rings (SSSR count). The third-order valence-corrected chi connectivity index (χ3v) is 9.00. The Morgan fingerprint density at radius 1 is 0.909 bits per heavy atom. The molecule has 1 aliphatic heterocycles. The summed E-state index contributed by atoms with van der Waals surface area (Å²) < 4.78 is 34.3. The lowest BCUT2D eigenvalue weighted by atomic mass is 9.95. The summed E-state index contributed by atoms with van der Waals surface area (Å²) in [6, 6.07) is 26.7. The number of benzene rings is 4. The summed E-state index contributed by atoms with van der Waals surface area (Å²) in [7, 11) is 0. The maximum absolute atomic E-state index is 14.1. The van der Waals surface area contributed by atoms with Gasteiger partial charge in [0, 0.05) is 11.3 Å². The molecule has 44 heavy (non-hydrogen) atoms. The van der Waals surface area contributed by atoms with E-state index in [1.807, 2.05) is 30.3 Å². The minimum Gasteiger partial charge on any atom is -0.507 e. The lowest BCUT2D eigenvalue weighted by molar-refractivity contribution is -0.132. The van der Waals surface area contributed by atoms with Crippen molar-refractivity contribution in [1.82, 2.24) is 10.2 Å². The van der Waals surface area contributed by atoms with Crippen LogP contribution in [-0.2, 0) is 21.9 Å². The summed E-state index contributed by atoms with van der Waals surface area (Å²) in [5, 5.41) is 19.8. The molecule has 0 aliphatic carbocycles. The molecule has 7 nitrogen and oxygen atoms in total. The molecule has 0 bridgehead atoms. The number of halogens is 2. The van der Waals surface area contributed by atoms with Gasteiger partial charge in [-0.3, -0.25) is 14.5 Å². The van der Waals surface area contributed by atoms with Crippen LogP contribution in [0.15, 0.2) is 113 Å². The first kappa shape index (κ1) is 29.2. The fourth-order valence-corrected chi connectivity index (χ4v) is 6.59. The zero-order chi connectivity index (χ0) is 30.6. The predicted octanol–water partition coefficient (Wildman–Crippen LogP) is 7.31. The standard InChI is InChI=1S/C33H23F2N3O4S2/c34-24-15-13-21(14-16-24)29(39)27-28(22-10-6-11-25(17-22)42-18-20-7-2-1-3-8-20)38(31(41)30(27)40)32-36-37-33(44-32)43-19-23-9-4-5-12-26(23)35/h1-17,28,39H,18-19H2. The Bertz CT molecular complexity index is 1860. The minimum atomic E-state index is -1.09. The number of hydrogen-bond donors (Lipinski definition) is 1. The molecule has 0 saturated carbocycles. The summed E-state index contributed by atoms with van der Waals surface area (Å²) in [4.78, 5) is 28.2. The fourth-order valence-electron chi connectivity index (χ4n) is 4.74. The molecule has 4 aromatic carbocycles. The Hall–Kier alpha value is -4.87. The van der Waals surface area contributed by atoms with Gasteiger partial charge in [-0.05, 0) is 59.2 Å². The number of carbonyl (C=O) groups is 2. The summed E-state index contributed by atoms with van der Waals surface area (Å²) >= 11 is 2.31. The van der Waals surface area contributed by atoms with Crippen molar-refractivity contribution in [3.63, 3.8) is 0 Å². The van der Waals surface area contributed by atoms with E-state index in [9.17, 15) is 23.5 Å². The average molecular weight is 628 g/mol. The first-order valence-electron chi connectivity index (χ1n) is 13.4. The number of thioether (sulfide) groups is 1. The van der Waals surface area contributed by atoms with Crippen LogP contribution in [-0.4, -0.2) is 27.0 Å². The largest absolute Gasteiger partial charge is 0.507 e. The number of anilines is 1. The number of nitrogens with zero attached hydrogens (tertiary/aromatic N) is 3. The first-order chi connectivity index (χ1) is 21.4. The number of aliphatic hydroxyl groups is 1. The molecule has 2 heterocycles. The van der Waals surface area contributed by atoms with E-state index in [2.05, 4.69) is 10.2 Å². The highest BCUT2D eigenvalue weighted by molar-refractivity contribution is 8.00. The van der Waals surface area contributed by atoms with Crippen molar-refractivity contribution in [2.75, 3.05) is 4.90 Å². The van der Waals surface area contributed by atoms with Crippen molar-refractivity contribution in [2.45, 2.75) is 22.7 Å². The third kappa shape index (κ3) is 6.10. The van der Waals surface area contributed by atoms with Gasteiger partial charge in [0.15, 0.2) is 4.34 Å². The van der Waals surface area contributed by atoms with Gasteiger partial charge in [0.05, 0.1) is 11.6 Å². The number of aliphatic hydroxyl groups excluding tert-OH is 1. The van der Waals surface area contributed by atoms with Crippen LogP contribution in [0.3, 0.4) is 0 Å². The van der Waals surface area contributed by atoms with E-state index in [1.54, 1.807) is 42.5 Å². The molecule has 1 amide bonds. The monoisotopic (exact) mass is 627 g/mol. The Morgan fingerprint density at radius 3 is 2.43 bits per heavy atom. The quantitative estimate of drug-likeness (QED) is 0.0602. The Balaban J connectivity index is 1.37. The van der Waals surface area contributed by atoms with Crippen LogP contribution in [0.5, 0.6) is 5.75 Å². The van der Waals surface area contributed by atoms with Crippen LogP contribution in [0.1, 0.15) is 28.3 Å². The van der Waals surface area contributed by atoms with Crippen molar-refractivity contribution < 1.29 is 28.2 Å². The molecule has 5 aromatic rings. The van der Waals surface area contributed by atoms with E-state index < -0.39 is 29.3 Å². The van der Waals surface area contributed by atoms with Crippen molar-refractivity contribution in [3.8, 4) is 5.75 Å². The molecular formula is C33H23F2N3O4S2. The molecule has 1 saturated heterocycles. The number of ether oxygens (including phenoxy) is 1. The molecule has 0 spiro atoms. The van der Waals surface area contributed by atoms with E-state index in [4.69, 9.17) is 4.74 Å². The van der Waals surface area contributed by atoms with Gasteiger partial charge in [-0.1, -0.05) is 83.8 Å². The van der Waals surface area contributed by atoms with Gasteiger partial charge < -0.3 is 9.84 Å². The minimum absolute atomic E-state index is 0.127. The van der Waals surface area contributed by atoms with E-state index in [0.717, 1.165) is 29.0 Å². The summed E-state index contributed by atoms with van der Waals surface area (Å²) in [5.41, 5.74) is 1.91. The van der Waals surface area contributed by atoms with Gasteiger partial charge in [0.25, 0.3) is 5.78 Å². The van der Waals surface area contributed by atoms with Crippen LogP contribution in [0, 0.1) is 11.6 Å². The zero-order valence-electron chi connectivity index (χ0n) is 22.9. The highest BCUT2D eigenvalue weighted by atomic mass is 32.2. The van der Waals surface area contributed by atoms with E-state index >= 15 is 0 Å². The number of Topliss-reactive ketones (excluding diaryl/α,β-unsaturated/α-hetero) is 1. The molecule has 1 aromatic heterocycles. The number of carbonyl (C=O) groups excluding carboxylic acids is 2. The lowest BCUT2D eigenvalue weighted by Crippen LogP contribution is -2.29. The van der Waals surface area contributed by atoms with Crippen LogP contribution in [0.25, 0.3) is 5.76 Å². The third-order valence-electron chi connectivity index (χ3n) is 6.90. The van der Waals surface area contributed by atoms with E-state index in [1.165, 1.54) is 34.9 Å². The summed E-state index contributed by atoms with van der Waals surface area (Å²) in [6.45, 7) is 0.291. The molecule has 1 N–H and O–H groups in total. The average Bonchev–Trinajstić information content (AvgIpc) is 3.62. The lowest BCUT2D eigenvalue weighted by Gasteiger charge is -2.23. The molecule has 0 radical (unpaired) electrons. The van der Waals surface area contributed by atoms with Gasteiger partial charge >= 0.3 is 5.91 Å². The van der Waals surface area contributed by atoms with E-state index in [0.29, 0.717) is 27.8 Å². The van der Waals surface area contributed by atoms with Gasteiger partial charge in [0.2, 0.25) is 5.13 Å². The molecule has 1 atom stereocenters.